The zero-order chi connectivity index (χ0) is 12.4. The molecule has 0 N–H and O–H groups in total. The summed E-state index contributed by atoms with van der Waals surface area (Å²) in [6.07, 6.45) is 1.28. The molecule has 88 valence electrons. The van der Waals surface area contributed by atoms with Crippen LogP contribution < -0.4 is 0 Å². The van der Waals surface area contributed by atoms with E-state index in [9.17, 15) is 9.18 Å². The molecule has 0 unspecified atom stereocenters. The highest BCUT2D eigenvalue weighted by Crippen LogP contribution is 2.27. The molecule has 1 heterocycles. The van der Waals surface area contributed by atoms with Crippen molar-refractivity contribution in [1.29, 1.82) is 0 Å². The predicted octanol–water partition coefficient (Wildman–Crippen LogP) is 2.92. The highest BCUT2D eigenvalue weighted by Gasteiger charge is 2.18. The quantitative estimate of drug-likeness (QED) is 0.774. The van der Waals surface area contributed by atoms with Crippen LogP contribution in [0.2, 0.25) is 5.35 Å². The van der Waals surface area contributed by atoms with Gasteiger partial charge in [0.1, 0.15) is 5.82 Å². The average molecular weight is 256 g/mol. The summed E-state index contributed by atoms with van der Waals surface area (Å²) in [6.45, 7) is 0. The molecular weight excluding hydrogens is 249 g/mol. The lowest BCUT2D eigenvalue weighted by atomic mass is 10.1. The summed E-state index contributed by atoms with van der Waals surface area (Å²) in [6, 6.07) is 4.29. The lowest BCUT2D eigenvalue weighted by Gasteiger charge is -2.04. The van der Waals surface area contributed by atoms with E-state index < -0.39 is 11.8 Å². The number of hydrogen-bond acceptors (Lipinski definition) is 4. The van der Waals surface area contributed by atoms with Gasteiger partial charge in [0.25, 0.3) is 5.35 Å². The van der Waals surface area contributed by atoms with Gasteiger partial charge in [0, 0.05) is 0 Å². The number of methoxy groups -OCH3 is 1. The smallest absolute Gasteiger partial charge is 0.340 e. The summed E-state index contributed by atoms with van der Waals surface area (Å²) in [7, 11) is 1.18. The lowest BCUT2D eigenvalue weighted by molar-refractivity contribution is 0.0595. The fourth-order valence-electron chi connectivity index (χ4n) is 1.37. The van der Waals surface area contributed by atoms with E-state index in [1.54, 1.807) is 0 Å². The van der Waals surface area contributed by atoms with E-state index in [0.29, 0.717) is 0 Å². The molecule has 0 bridgehead atoms. The van der Waals surface area contributed by atoms with Gasteiger partial charge in [-0.2, -0.15) is 0 Å². The van der Waals surface area contributed by atoms with Gasteiger partial charge in [-0.15, -0.1) is 0 Å². The Balaban J connectivity index is 2.53. The molecule has 0 aliphatic carbocycles. The minimum absolute atomic E-state index is 0.0946. The molecule has 0 spiro atoms. The van der Waals surface area contributed by atoms with Crippen LogP contribution in [-0.2, 0) is 4.74 Å². The number of rotatable bonds is 2. The maximum Gasteiger partial charge on any atom is 0.340 e. The van der Waals surface area contributed by atoms with Crippen LogP contribution in [0.1, 0.15) is 10.4 Å². The zero-order valence-corrected chi connectivity index (χ0v) is 9.49. The number of nitrogens with zero attached hydrogens (tertiary/aromatic N) is 1. The Morgan fingerprint density at radius 3 is 2.88 bits per heavy atom. The molecule has 4 nitrogen and oxygen atoms in total. The van der Waals surface area contributed by atoms with E-state index in [4.69, 9.17) is 16.0 Å². The van der Waals surface area contributed by atoms with Crippen LogP contribution in [0.4, 0.5) is 4.39 Å². The maximum absolute atomic E-state index is 14.0. The molecule has 6 heteroatoms. The highest BCUT2D eigenvalue weighted by molar-refractivity contribution is 6.27. The van der Waals surface area contributed by atoms with Crippen molar-refractivity contribution >= 4 is 17.6 Å². The number of halogens is 2. The second-order valence-corrected chi connectivity index (χ2v) is 3.46. The standard InChI is InChI=1S/C11H7ClFNO3/c1-16-10(15)7-4-2-3-6(9(7)13)8-5-14-11(12)17-8/h2-5H,1H3. The Morgan fingerprint density at radius 2 is 2.29 bits per heavy atom. The largest absolute Gasteiger partial charge is 0.465 e. The summed E-state index contributed by atoms with van der Waals surface area (Å²) < 4.78 is 23.4. The highest BCUT2D eigenvalue weighted by atomic mass is 35.5. The third-order valence-corrected chi connectivity index (χ3v) is 2.32. The Bertz CT molecular complexity index is 568. The van der Waals surface area contributed by atoms with Crippen molar-refractivity contribution in [3.8, 4) is 11.3 Å². The van der Waals surface area contributed by atoms with Crippen molar-refractivity contribution in [1.82, 2.24) is 4.98 Å². The number of benzene rings is 1. The van der Waals surface area contributed by atoms with Crippen molar-refractivity contribution < 1.29 is 18.3 Å². The van der Waals surface area contributed by atoms with Crippen molar-refractivity contribution in [3.05, 3.63) is 41.1 Å². The van der Waals surface area contributed by atoms with Crippen LogP contribution in [-0.4, -0.2) is 18.1 Å². The fraction of sp³-hybridized carbons (Fsp3) is 0.0909. The number of ether oxygens (including phenoxy) is 1. The van der Waals surface area contributed by atoms with E-state index in [2.05, 4.69) is 9.72 Å². The van der Waals surface area contributed by atoms with Gasteiger partial charge in [-0.05, 0) is 23.7 Å². The Kier molecular flexibility index (Phi) is 3.10. The van der Waals surface area contributed by atoms with Crippen LogP contribution in [0.15, 0.2) is 28.8 Å². The van der Waals surface area contributed by atoms with Crippen molar-refractivity contribution in [3.63, 3.8) is 0 Å². The molecule has 0 amide bonds. The number of aromatic nitrogens is 1. The number of hydrogen-bond donors (Lipinski definition) is 0. The summed E-state index contributed by atoms with van der Waals surface area (Å²) in [5.74, 6) is -1.33. The normalized spacial score (nSPS) is 10.3. The number of carbonyl (C=O) groups excluding carboxylic acids is 1. The van der Waals surface area contributed by atoms with Crippen LogP contribution in [0.25, 0.3) is 11.3 Å². The maximum atomic E-state index is 14.0. The summed E-state index contributed by atoms with van der Waals surface area (Å²) in [5, 5.41) is -0.0946. The third-order valence-electron chi connectivity index (χ3n) is 2.15. The van der Waals surface area contributed by atoms with Gasteiger partial charge in [-0.1, -0.05) is 6.07 Å². The molecule has 0 saturated carbocycles. The summed E-state index contributed by atoms with van der Waals surface area (Å²) >= 11 is 5.50. The molecular formula is C11H7ClFNO3. The lowest BCUT2D eigenvalue weighted by Crippen LogP contribution is -2.05. The van der Waals surface area contributed by atoms with Crippen LogP contribution >= 0.6 is 11.6 Å². The monoisotopic (exact) mass is 255 g/mol. The number of esters is 1. The first kappa shape index (κ1) is 11.6. The second-order valence-electron chi connectivity index (χ2n) is 3.14. The minimum atomic E-state index is -0.755. The van der Waals surface area contributed by atoms with Gasteiger partial charge >= 0.3 is 5.97 Å². The van der Waals surface area contributed by atoms with Gasteiger partial charge in [0.05, 0.1) is 24.4 Å². The van der Waals surface area contributed by atoms with E-state index in [0.717, 1.165) is 0 Å². The van der Waals surface area contributed by atoms with Crippen molar-refractivity contribution in [2.24, 2.45) is 0 Å². The summed E-state index contributed by atoms with van der Waals surface area (Å²) in [5.41, 5.74) is -0.0650. The predicted molar refractivity (Wildman–Crippen MR) is 58.2 cm³/mol. The average Bonchev–Trinajstić information content (AvgIpc) is 2.75. The molecule has 1 aromatic heterocycles. The molecule has 1 aromatic carbocycles. The molecule has 2 aromatic rings. The molecule has 0 aliphatic rings. The Labute approximate surface area is 101 Å². The van der Waals surface area contributed by atoms with E-state index >= 15 is 0 Å². The molecule has 2 rings (SSSR count). The molecule has 0 aliphatic heterocycles. The first-order valence-electron chi connectivity index (χ1n) is 4.62. The first-order chi connectivity index (χ1) is 8.13. The Hall–Kier alpha value is -1.88. The Morgan fingerprint density at radius 1 is 1.53 bits per heavy atom. The first-order valence-corrected chi connectivity index (χ1v) is 5.00. The van der Waals surface area contributed by atoms with Crippen LogP contribution in [0.3, 0.4) is 0 Å². The molecule has 0 radical (unpaired) electrons. The molecule has 0 atom stereocenters. The third kappa shape index (κ3) is 2.14. The van der Waals surface area contributed by atoms with Gasteiger partial charge in [-0.25, -0.2) is 14.2 Å². The van der Waals surface area contributed by atoms with Crippen LogP contribution in [0, 0.1) is 5.82 Å². The molecule has 0 fully saturated rings. The number of carbonyl (C=O) groups is 1. The molecule has 0 saturated heterocycles. The van der Waals surface area contributed by atoms with Gasteiger partial charge in [0.15, 0.2) is 5.76 Å². The van der Waals surface area contributed by atoms with Crippen LogP contribution in [0.5, 0.6) is 0 Å². The fourth-order valence-corrected chi connectivity index (χ4v) is 1.50. The second kappa shape index (κ2) is 4.55. The molecule has 17 heavy (non-hydrogen) atoms. The van der Waals surface area contributed by atoms with Gasteiger partial charge in [0.2, 0.25) is 0 Å². The van der Waals surface area contributed by atoms with E-state index in [1.165, 1.54) is 31.5 Å². The van der Waals surface area contributed by atoms with Gasteiger partial charge in [-0.3, -0.25) is 0 Å². The van der Waals surface area contributed by atoms with Crippen molar-refractivity contribution in [2.75, 3.05) is 7.11 Å². The van der Waals surface area contributed by atoms with E-state index in [1.807, 2.05) is 0 Å². The summed E-state index contributed by atoms with van der Waals surface area (Å²) in [4.78, 5) is 14.9. The minimum Gasteiger partial charge on any atom is -0.465 e. The van der Waals surface area contributed by atoms with Gasteiger partial charge < -0.3 is 9.15 Å². The SMILES string of the molecule is COC(=O)c1cccc(-c2cnc(Cl)o2)c1F. The van der Waals surface area contributed by atoms with Crippen molar-refractivity contribution in [2.45, 2.75) is 0 Å². The van der Waals surface area contributed by atoms with E-state index in [-0.39, 0.29) is 22.2 Å². The topological polar surface area (TPSA) is 52.3 Å². The number of oxazole rings is 1. The zero-order valence-electron chi connectivity index (χ0n) is 8.74.